The highest BCUT2D eigenvalue weighted by Crippen LogP contribution is 2.37. The van der Waals surface area contributed by atoms with Crippen molar-refractivity contribution in [3.8, 4) is 11.5 Å². The van der Waals surface area contributed by atoms with E-state index in [1.54, 1.807) is 62.0 Å². The van der Waals surface area contributed by atoms with Crippen LogP contribution in [0.1, 0.15) is 33.3 Å². The van der Waals surface area contributed by atoms with Gasteiger partial charge < -0.3 is 14.2 Å². The van der Waals surface area contributed by atoms with Crippen LogP contribution in [0.3, 0.4) is 0 Å². The van der Waals surface area contributed by atoms with Gasteiger partial charge in [0.25, 0.3) is 5.91 Å². The first-order valence-electron chi connectivity index (χ1n) is 9.98. The normalized spacial score (nSPS) is 15.2. The van der Waals surface area contributed by atoms with E-state index in [2.05, 4.69) is 5.10 Å². The van der Waals surface area contributed by atoms with Crippen LogP contribution in [0.15, 0.2) is 71.1 Å². The molecule has 0 spiro atoms. The fourth-order valence-electron chi connectivity index (χ4n) is 3.50. The zero-order chi connectivity index (χ0) is 22.5. The molecule has 0 unspecified atom stereocenters. The highest BCUT2D eigenvalue weighted by Gasteiger charge is 2.34. The molecule has 4 rings (SSSR count). The van der Waals surface area contributed by atoms with Crippen LogP contribution in [-0.2, 0) is 9.53 Å². The quantitative estimate of drug-likeness (QED) is 0.502. The fraction of sp³-hybridized carbons (Fsp3) is 0.208. The average Bonchev–Trinajstić information content (AvgIpc) is 3.52. The number of methoxy groups -OCH3 is 2. The van der Waals surface area contributed by atoms with Crippen molar-refractivity contribution in [1.82, 2.24) is 5.01 Å². The number of ether oxygens (including phenoxy) is 3. The number of esters is 1. The molecule has 0 saturated carbocycles. The monoisotopic (exact) mass is 450 g/mol. The number of rotatable bonds is 7. The van der Waals surface area contributed by atoms with Gasteiger partial charge in [-0.25, -0.2) is 9.80 Å². The molecule has 32 heavy (non-hydrogen) atoms. The second kappa shape index (κ2) is 9.65. The Morgan fingerprint density at radius 2 is 1.81 bits per heavy atom. The predicted octanol–water partition coefficient (Wildman–Crippen LogP) is 4.30. The molecule has 3 aromatic rings. The molecule has 0 saturated heterocycles. The van der Waals surface area contributed by atoms with Crippen LogP contribution in [0.2, 0.25) is 0 Å². The molecule has 0 fully saturated rings. The summed E-state index contributed by atoms with van der Waals surface area (Å²) in [4.78, 5) is 26.3. The van der Waals surface area contributed by atoms with Crippen molar-refractivity contribution in [3.05, 3.63) is 82.0 Å². The Kier molecular flexibility index (Phi) is 6.51. The minimum atomic E-state index is -0.553. The summed E-state index contributed by atoms with van der Waals surface area (Å²) < 4.78 is 16.0. The van der Waals surface area contributed by atoms with Gasteiger partial charge in [-0.1, -0.05) is 30.3 Å². The van der Waals surface area contributed by atoms with Gasteiger partial charge >= 0.3 is 5.97 Å². The Labute approximate surface area is 189 Å². The molecule has 1 atom stereocenters. The molecular formula is C24H22N2O5S. The first kappa shape index (κ1) is 21.6. The molecule has 0 bridgehead atoms. The summed E-state index contributed by atoms with van der Waals surface area (Å²) in [5.74, 6) is 0.213. The molecule has 0 N–H and O–H groups in total. The van der Waals surface area contributed by atoms with Gasteiger partial charge in [-0.05, 0) is 41.3 Å². The van der Waals surface area contributed by atoms with Gasteiger partial charge in [0.1, 0.15) is 0 Å². The van der Waals surface area contributed by atoms with E-state index in [1.165, 1.54) is 5.01 Å². The van der Waals surface area contributed by atoms with Crippen molar-refractivity contribution in [1.29, 1.82) is 0 Å². The zero-order valence-electron chi connectivity index (χ0n) is 17.7. The van der Waals surface area contributed by atoms with E-state index in [4.69, 9.17) is 14.2 Å². The number of amides is 1. The Balaban J connectivity index is 1.57. The third-order valence-corrected chi connectivity index (χ3v) is 6.02. The lowest BCUT2D eigenvalue weighted by molar-refractivity contribution is -0.136. The molecule has 1 aliphatic rings. The molecule has 0 radical (unpaired) electrons. The maximum atomic E-state index is 13.0. The largest absolute Gasteiger partial charge is 0.493 e. The molecular weight excluding hydrogens is 428 g/mol. The SMILES string of the molecule is COc1ccc([C@H]2CC(c3cccs3)=NN2C(=O)COC(=O)c2ccccc2)cc1OC. The summed E-state index contributed by atoms with van der Waals surface area (Å²) in [6, 6.07) is 17.7. The molecule has 1 aliphatic heterocycles. The Hall–Kier alpha value is -3.65. The van der Waals surface area contributed by atoms with Crippen LogP contribution in [0.4, 0.5) is 0 Å². The van der Waals surface area contributed by atoms with Crippen molar-refractivity contribution in [2.45, 2.75) is 12.5 Å². The van der Waals surface area contributed by atoms with Gasteiger partial charge in [0.2, 0.25) is 0 Å². The minimum Gasteiger partial charge on any atom is -0.493 e. The van der Waals surface area contributed by atoms with Crippen LogP contribution >= 0.6 is 11.3 Å². The Morgan fingerprint density at radius 1 is 1.03 bits per heavy atom. The minimum absolute atomic E-state index is 0.352. The zero-order valence-corrected chi connectivity index (χ0v) is 18.5. The standard InChI is InChI=1S/C24H22N2O5S/c1-29-20-11-10-17(13-21(20)30-2)19-14-18(22-9-6-12-32-22)25-26(19)23(27)15-31-24(28)16-7-4-3-5-8-16/h3-13,19H,14-15H2,1-2H3/t19-/m1/s1. The van der Waals surface area contributed by atoms with E-state index in [-0.39, 0.29) is 6.04 Å². The van der Waals surface area contributed by atoms with Crippen LogP contribution in [-0.4, -0.2) is 43.4 Å². The molecule has 1 aromatic heterocycles. The van der Waals surface area contributed by atoms with Crippen molar-refractivity contribution >= 4 is 28.9 Å². The summed E-state index contributed by atoms with van der Waals surface area (Å²) in [6.45, 7) is -0.404. The summed E-state index contributed by atoms with van der Waals surface area (Å²) in [5, 5.41) is 7.95. The first-order chi connectivity index (χ1) is 15.6. The number of hydrazone groups is 1. The number of thiophene rings is 1. The van der Waals surface area contributed by atoms with Crippen LogP contribution in [0.5, 0.6) is 11.5 Å². The second-order valence-electron chi connectivity index (χ2n) is 7.04. The summed E-state index contributed by atoms with van der Waals surface area (Å²) >= 11 is 1.56. The number of carbonyl (C=O) groups excluding carboxylic acids is 2. The number of nitrogens with zero attached hydrogens (tertiary/aromatic N) is 2. The van der Waals surface area contributed by atoms with Gasteiger partial charge in [-0.2, -0.15) is 5.10 Å². The molecule has 8 heteroatoms. The third-order valence-electron chi connectivity index (χ3n) is 5.10. The van der Waals surface area contributed by atoms with E-state index < -0.39 is 18.5 Å². The fourth-order valence-corrected chi connectivity index (χ4v) is 4.22. The van der Waals surface area contributed by atoms with Gasteiger partial charge in [0.05, 0.1) is 36.4 Å². The molecule has 2 heterocycles. The van der Waals surface area contributed by atoms with E-state index in [9.17, 15) is 9.59 Å². The van der Waals surface area contributed by atoms with E-state index in [0.29, 0.717) is 23.5 Å². The van der Waals surface area contributed by atoms with Gasteiger partial charge in [0, 0.05) is 6.42 Å². The number of hydrogen-bond donors (Lipinski definition) is 0. The van der Waals surface area contributed by atoms with Gasteiger partial charge in [0.15, 0.2) is 18.1 Å². The maximum Gasteiger partial charge on any atom is 0.338 e. The number of carbonyl (C=O) groups is 2. The van der Waals surface area contributed by atoms with E-state index in [1.807, 2.05) is 29.6 Å². The van der Waals surface area contributed by atoms with Crippen LogP contribution in [0, 0.1) is 0 Å². The highest BCUT2D eigenvalue weighted by atomic mass is 32.1. The number of hydrogen-bond acceptors (Lipinski definition) is 7. The lowest BCUT2D eigenvalue weighted by Crippen LogP contribution is -2.31. The molecule has 164 valence electrons. The van der Waals surface area contributed by atoms with E-state index in [0.717, 1.165) is 16.2 Å². The predicted molar refractivity (Wildman–Crippen MR) is 121 cm³/mol. The lowest BCUT2D eigenvalue weighted by Gasteiger charge is -2.22. The molecule has 7 nitrogen and oxygen atoms in total. The molecule has 0 aliphatic carbocycles. The maximum absolute atomic E-state index is 13.0. The average molecular weight is 451 g/mol. The van der Waals surface area contributed by atoms with Gasteiger partial charge in [-0.15, -0.1) is 11.3 Å². The number of benzene rings is 2. The summed E-state index contributed by atoms with van der Waals surface area (Å²) in [6.07, 6.45) is 0.536. The van der Waals surface area contributed by atoms with Crippen molar-refractivity contribution in [2.24, 2.45) is 5.10 Å². The van der Waals surface area contributed by atoms with Crippen LogP contribution in [0.25, 0.3) is 0 Å². The highest BCUT2D eigenvalue weighted by molar-refractivity contribution is 7.12. The summed E-state index contributed by atoms with van der Waals surface area (Å²) in [7, 11) is 3.14. The van der Waals surface area contributed by atoms with E-state index >= 15 is 0 Å². The third kappa shape index (κ3) is 4.50. The second-order valence-corrected chi connectivity index (χ2v) is 7.99. The van der Waals surface area contributed by atoms with Crippen LogP contribution < -0.4 is 9.47 Å². The lowest BCUT2D eigenvalue weighted by atomic mass is 10.0. The van der Waals surface area contributed by atoms with Crippen molar-refractivity contribution < 1.29 is 23.8 Å². The summed E-state index contributed by atoms with van der Waals surface area (Å²) in [5.41, 5.74) is 2.05. The molecule has 1 amide bonds. The molecule has 2 aromatic carbocycles. The Bertz CT molecular complexity index is 1130. The smallest absolute Gasteiger partial charge is 0.338 e. The van der Waals surface area contributed by atoms with Crippen molar-refractivity contribution in [2.75, 3.05) is 20.8 Å². The first-order valence-corrected chi connectivity index (χ1v) is 10.9. The Morgan fingerprint density at radius 3 is 2.50 bits per heavy atom. The topological polar surface area (TPSA) is 77.4 Å². The van der Waals surface area contributed by atoms with Gasteiger partial charge in [-0.3, -0.25) is 4.79 Å². The van der Waals surface area contributed by atoms with Crippen molar-refractivity contribution in [3.63, 3.8) is 0 Å².